The smallest absolute Gasteiger partial charge is 0.267 e. The summed E-state index contributed by atoms with van der Waals surface area (Å²) < 4.78 is 0. The Balaban J connectivity index is 1.69. The van der Waals surface area contributed by atoms with Gasteiger partial charge in [0.2, 0.25) is 0 Å². The molecule has 0 saturated carbocycles. The predicted molar refractivity (Wildman–Crippen MR) is 116 cm³/mol. The molecule has 0 fully saturated rings. The third-order valence-corrected chi connectivity index (χ3v) is 5.18. The van der Waals surface area contributed by atoms with Gasteiger partial charge in [-0.1, -0.05) is 42.5 Å². The van der Waals surface area contributed by atoms with E-state index in [-0.39, 0.29) is 19.3 Å². The minimum atomic E-state index is -0.587. The van der Waals surface area contributed by atoms with Crippen molar-refractivity contribution in [2.45, 2.75) is 19.0 Å². The number of carbonyl (C=O) groups excluding carboxylic acids is 1. The van der Waals surface area contributed by atoms with Crippen molar-refractivity contribution in [1.29, 1.82) is 0 Å². The first-order chi connectivity index (χ1) is 14.6. The molecule has 1 amide bonds. The summed E-state index contributed by atoms with van der Waals surface area (Å²) in [7, 11) is 0. The first kappa shape index (κ1) is 21.7. The molecular weight excluding hydrogens is 382 g/mol. The summed E-state index contributed by atoms with van der Waals surface area (Å²) in [5.41, 5.74) is 5.71. The van der Waals surface area contributed by atoms with Crippen molar-refractivity contribution < 1.29 is 20.2 Å². The van der Waals surface area contributed by atoms with E-state index in [1.54, 1.807) is 11.6 Å². The summed E-state index contributed by atoms with van der Waals surface area (Å²) in [6.07, 6.45) is 5.65. The average Bonchev–Trinajstić information content (AvgIpc) is 3.20. The van der Waals surface area contributed by atoms with E-state index in [1.807, 2.05) is 48.7 Å². The molecule has 0 aliphatic carbocycles. The summed E-state index contributed by atoms with van der Waals surface area (Å²) in [5.74, 6) is -0.587. The Labute approximate surface area is 175 Å². The quantitative estimate of drug-likeness (QED) is 0.200. The molecule has 0 saturated heterocycles. The van der Waals surface area contributed by atoms with Crippen LogP contribution in [0.2, 0.25) is 0 Å². The molecule has 0 spiro atoms. The van der Waals surface area contributed by atoms with Crippen molar-refractivity contribution in [2.24, 2.45) is 0 Å². The van der Waals surface area contributed by atoms with Crippen molar-refractivity contribution in [1.82, 2.24) is 15.4 Å². The largest absolute Gasteiger partial charge is 0.395 e. The van der Waals surface area contributed by atoms with Crippen molar-refractivity contribution >= 4 is 22.9 Å². The molecule has 158 valence electrons. The van der Waals surface area contributed by atoms with Crippen molar-refractivity contribution in [3.05, 3.63) is 77.5 Å². The Morgan fingerprint density at radius 2 is 1.83 bits per heavy atom. The Morgan fingerprint density at radius 3 is 2.53 bits per heavy atom. The zero-order chi connectivity index (χ0) is 21.3. The molecular formula is C23H27N3O4. The molecule has 3 aromatic rings. The van der Waals surface area contributed by atoms with Gasteiger partial charge in [-0.25, -0.2) is 5.48 Å². The van der Waals surface area contributed by atoms with Crippen LogP contribution in [0.1, 0.15) is 16.7 Å². The number of hydrogen-bond donors (Lipinski definition) is 5. The number of hydroxylamine groups is 1. The van der Waals surface area contributed by atoms with Crippen LogP contribution < -0.4 is 5.48 Å². The van der Waals surface area contributed by atoms with E-state index in [9.17, 15) is 15.0 Å². The minimum absolute atomic E-state index is 0.124. The lowest BCUT2D eigenvalue weighted by Crippen LogP contribution is -2.41. The SMILES string of the molecule is O=C(/C=C/c1ccc(CN(CCc2c[nH]c3ccccc23)C(CO)CO)cc1)NO. The molecule has 1 heterocycles. The van der Waals surface area contributed by atoms with Crippen molar-refractivity contribution in [3.63, 3.8) is 0 Å². The minimum Gasteiger partial charge on any atom is -0.395 e. The molecule has 2 aromatic carbocycles. The highest BCUT2D eigenvalue weighted by atomic mass is 16.5. The predicted octanol–water partition coefficient (Wildman–Crippen LogP) is 2.08. The number of benzene rings is 2. The maximum atomic E-state index is 11.1. The highest BCUT2D eigenvalue weighted by Gasteiger charge is 2.18. The van der Waals surface area contributed by atoms with Crippen LogP contribution in [0, 0.1) is 0 Å². The number of amides is 1. The zero-order valence-electron chi connectivity index (χ0n) is 16.7. The van der Waals surface area contributed by atoms with Gasteiger partial charge in [-0.05, 0) is 35.3 Å². The highest BCUT2D eigenvalue weighted by Crippen LogP contribution is 2.19. The monoisotopic (exact) mass is 409 g/mol. The van der Waals surface area contributed by atoms with E-state index in [1.165, 1.54) is 17.0 Å². The Morgan fingerprint density at radius 1 is 1.10 bits per heavy atom. The number of carbonyl (C=O) groups is 1. The highest BCUT2D eigenvalue weighted by molar-refractivity contribution is 5.90. The molecule has 1 aromatic heterocycles. The van der Waals surface area contributed by atoms with Gasteiger partial charge in [-0.3, -0.25) is 14.9 Å². The molecule has 0 aliphatic heterocycles. The van der Waals surface area contributed by atoms with Gasteiger partial charge in [0.15, 0.2) is 0 Å². The fourth-order valence-corrected chi connectivity index (χ4v) is 3.46. The number of hydrogen-bond acceptors (Lipinski definition) is 5. The third-order valence-electron chi connectivity index (χ3n) is 5.18. The molecule has 3 rings (SSSR count). The van der Waals surface area contributed by atoms with Crippen LogP contribution in [-0.2, 0) is 17.8 Å². The maximum Gasteiger partial charge on any atom is 0.267 e. The van der Waals surface area contributed by atoms with Crippen LogP contribution in [0.25, 0.3) is 17.0 Å². The van der Waals surface area contributed by atoms with Gasteiger partial charge in [-0.15, -0.1) is 0 Å². The number of aliphatic hydroxyl groups excluding tert-OH is 2. The van der Waals surface area contributed by atoms with E-state index < -0.39 is 5.91 Å². The van der Waals surface area contributed by atoms with Crippen LogP contribution in [0.5, 0.6) is 0 Å². The van der Waals surface area contributed by atoms with E-state index in [2.05, 4.69) is 16.0 Å². The first-order valence-electron chi connectivity index (χ1n) is 9.86. The fraction of sp³-hybridized carbons (Fsp3) is 0.261. The summed E-state index contributed by atoms with van der Waals surface area (Å²) in [4.78, 5) is 16.4. The summed E-state index contributed by atoms with van der Waals surface area (Å²) in [6.45, 7) is 1.02. The normalized spacial score (nSPS) is 11.8. The Hall–Kier alpha value is -2.97. The van der Waals surface area contributed by atoms with Crippen LogP contribution in [0.4, 0.5) is 0 Å². The van der Waals surface area contributed by atoms with Gasteiger partial charge < -0.3 is 15.2 Å². The summed E-state index contributed by atoms with van der Waals surface area (Å²) in [5, 5.41) is 29.2. The average molecular weight is 409 g/mol. The van der Waals surface area contributed by atoms with E-state index in [4.69, 9.17) is 5.21 Å². The number of nitrogens with zero attached hydrogens (tertiary/aromatic N) is 1. The topological polar surface area (TPSA) is 109 Å². The molecule has 7 nitrogen and oxygen atoms in total. The fourth-order valence-electron chi connectivity index (χ4n) is 3.46. The number of H-pyrrole nitrogens is 1. The van der Waals surface area contributed by atoms with E-state index in [0.717, 1.165) is 23.1 Å². The van der Waals surface area contributed by atoms with E-state index in [0.29, 0.717) is 13.1 Å². The standard InChI is InChI=1S/C23H27N3O4/c27-15-20(16-28)26(12-11-19-13-24-22-4-2-1-3-21(19)22)14-18-7-5-17(6-8-18)9-10-23(29)25-30/h1-10,13,20,24,27-28,30H,11-12,14-16H2,(H,25,29)/b10-9+. The number of fused-ring (bicyclic) bond motifs is 1. The second kappa shape index (κ2) is 10.7. The Bertz CT molecular complexity index is 978. The summed E-state index contributed by atoms with van der Waals surface area (Å²) in [6, 6.07) is 15.4. The second-order valence-electron chi connectivity index (χ2n) is 7.15. The third kappa shape index (κ3) is 5.55. The van der Waals surface area contributed by atoms with Crippen LogP contribution >= 0.6 is 0 Å². The molecule has 0 aliphatic rings. The number of para-hydroxylation sites is 1. The molecule has 0 bridgehead atoms. The van der Waals surface area contributed by atoms with Gasteiger partial charge >= 0.3 is 0 Å². The number of nitrogens with one attached hydrogen (secondary N) is 2. The van der Waals surface area contributed by atoms with E-state index >= 15 is 0 Å². The number of rotatable bonds is 10. The van der Waals surface area contributed by atoms with Crippen molar-refractivity contribution in [2.75, 3.05) is 19.8 Å². The summed E-state index contributed by atoms with van der Waals surface area (Å²) >= 11 is 0. The maximum absolute atomic E-state index is 11.1. The van der Waals surface area contributed by atoms with Crippen LogP contribution in [-0.4, -0.2) is 57.0 Å². The lowest BCUT2D eigenvalue weighted by Gasteiger charge is -2.29. The van der Waals surface area contributed by atoms with Gasteiger partial charge in [0.05, 0.1) is 19.3 Å². The molecule has 5 N–H and O–H groups in total. The molecule has 30 heavy (non-hydrogen) atoms. The Kier molecular flexibility index (Phi) is 7.75. The van der Waals surface area contributed by atoms with Gasteiger partial charge in [0.1, 0.15) is 0 Å². The molecule has 7 heteroatoms. The van der Waals surface area contributed by atoms with Crippen LogP contribution in [0.15, 0.2) is 60.8 Å². The van der Waals surface area contributed by atoms with Crippen molar-refractivity contribution in [3.8, 4) is 0 Å². The molecule has 0 unspecified atom stereocenters. The number of aliphatic hydroxyl groups is 2. The second-order valence-corrected chi connectivity index (χ2v) is 7.15. The molecule has 0 radical (unpaired) electrons. The lowest BCUT2D eigenvalue weighted by molar-refractivity contribution is -0.124. The van der Waals surface area contributed by atoms with Crippen LogP contribution in [0.3, 0.4) is 0 Å². The lowest BCUT2D eigenvalue weighted by atomic mass is 10.1. The number of aromatic nitrogens is 1. The number of aromatic amines is 1. The first-order valence-corrected chi connectivity index (χ1v) is 9.86. The zero-order valence-corrected chi connectivity index (χ0v) is 16.7. The van der Waals surface area contributed by atoms with Gasteiger partial charge in [0.25, 0.3) is 5.91 Å². The van der Waals surface area contributed by atoms with Gasteiger partial charge in [0, 0.05) is 36.3 Å². The molecule has 0 atom stereocenters. The van der Waals surface area contributed by atoms with Gasteiger partial charge in [-0.2, -0.15) is 0 Å².